The number of ether oxygens (including phenoxy) is 4. The SMILES string of the molecule is COC(=O)COc1ccc(C(=O)NCC2(NC(=O)OC(C)(C)C)CCCCCC2)cc1OC. The summed E-state index contributed by atoms with van der Waals surface area (Å²) in [5.74, 6) is -0.179. The Hall–Kier alpha value is -2.97. The number of rotatable bonds is 8. The van der Waals surface area contributed by atoms with Crippen molar-refractivity contribution in [3.8, 4) is 11.5 Å². The lowest BCUT2D eigenvalue weighted by atomic mass is 9.90. The van der Waals surface area contributed by atoms with Crippen molar-refractivity contribution in [3.05, 3.63) is 23.8 Å². The summed E-state index contributed by atoms with van der Waals surface area (Å²) in [7, 11) is 2.72. The van der Waals surface area contributed by atoms with Crippen LogP contribution in [0.15, 0.2) is 18.2 Å². The van der Waals surface area contributed by atoms with Crippen molar-refractivity contribution in [2.24, 2.45) is 0 Å². The van der Waals surface area contributed by atoms with E-state index in [1.54, 1.807) is 18.2 Å². The lowest BCUT2D eigenvalue weighted by Crippen LogP contribution is -2.56. The maximum absolute atomic E-state index is 12.9. The molecule has 33 heavy (non-hydrogen) atoms. The summed E-state index contributed by atoms with van der Waals surface area (Å²) >= 11 is 0. The van der Waals surface area contributed by atoms with Crippen LogP contribution < -0.4 is 20.1 Å². The molecule has 2 amide bonds. The van der Waals surface area contributed by atoms with Gasteiger partial charge < -0.3 is 29.6 Å². The van der Waals surface area contributed by atoms with E-state index in [9.17, 15) is 14.4 Å². The Kier molecular flexibility index (Phi) is 9.37. The van der Waals surface area contributed by atoms with Crippen molar-refractivity contribution in [1.29, 1.82) is 0 Å². The molecule has 9 nitrogen and oxygen atoms in total. The second-order valence-electron chi connectivity index (χ2n) is 9.23. The molecule has 0 unspecified atom stereocenters. The van der Waals surface area contributed by atoms with Crippen LogP contribution in [0.4, 0.5) is 4.79 Å². The number of hydrogen-bond donors (Lipinski definition) is 2. The summed E-state index contributed by atoms with van der Waals surface area (Å²) in [6.45, 7) is 5.48. The van der Waals surface area contributed by atoms with E-state index in [-0.39, 0.29) is 19.1 Å². The molecule has 1 aliphatic rings. The van der Waals surface area contributed by atoms with Gasteiger partial charge in [-0.15, -0.1) is 0 Å². The lowest BCUT2D eigenvalue weighted by molar-refractivity contribution is -0.142. The highest BCUT2D eigenvalue weighted by atomic mass is 16.6. The van der Waals surface area contributed by atoms with Gasteiger partial charge >= 0.3 is 12.1 Å². The maximum atomic E-state index is 12.9. The van der Waals surface area contributed by atoms with Gasteiger partial charge in [0.25, 0.3) is 5.91 Å². The Labute approximate surface area is 195 Å². The fourth-order valence-corrected chi connectivity index (χ4v) is 3.75. The van der Waals surface area contributed by atoms with Gasteiger partial charge in [-0.2, -0.15) is 0 Å². The number of amides is 2. The number of nitrogens with one attached hydrogen (secondary N) is 2. The predicted octanol–water partition coefficient (Wildman–Crippen LogP) is 3.59. The van der Waals surface area contributed by atoms with Crippen molar-refractivity contribution >= 4 is 18.0 Å². The first kappa shape index (κ1) is 26.3. The second-order valence-corrected chi connectivity index (χ2v) is 9.23. The third kappa shape index (κ3) is 8.47. The van der Waals surface area contributed by atoms with Gasteiger partial charge in [0, 0.05) is 12.1 Å². The fraction of sp³-hybridized carbons (Fsp3) is 0.625. The van der Waals surface area contributed by atoms with Crippen LogP contribution in [0.3, 0.4) is 0 Å². The molecule has 0 bridgehead atoms. The summed E-state index contributed by atoms with van der Waals surface area (Å²) in [5, 5.41) is 5.99. The molecule has 0 atom stereocenters. The summed E-state index contributed by atoms with van der Waals surface area (Å²) in [5.41, 5.74) is -0.798. The Bertz CT molecular complexity index is 825. The van der Waals surface area contributed by atoms with Crippen LogP contribution in [-0.2, 0) is 14.3 Å². The number of carbonyl (C=O) groups is 3. The normalized spacial score (nSPS) is 15.5. The third-order valence-electron chi connectivity index (χ3n) is 5.41. The molecule has 0 radical (unpaired) electrons. The van der Waals surface area contributed by atoms with Crippen LogP contribution >= 0.6 is 0 Å². The topological polar surface area (TPSA) is 112 Å². The highest BCUT2D eigenvalue weighted by Crippen LogP contribution is 2.29. The van der Waals surface area contributed by atoms with E-state index < -0.39 is 23.2 Å². The van der Waals surface area contributed by atoms with Crippen molar-refractivity contribution in [1.82, 2.24) is 10.6 Å². The zero-order valence-corrected chi connectivity index (χ0v) is 20.2. The molecule has 184 valence electrons. The molecule has 1 saturated carbocycles. The largest absolute Gasteiger partial charge is 0.493 e. The van der Waals surface area contributed by atoms with E-state index in [1.165, 1.54) is 14.2 Å². The van der Waals surface area contributed by atoms with Gasteiger partial charge in [-0.25, -0.2) is 9.59 Å². The predicted molar refractivity (Wildman–Crippen MR) is 123 cm³/mol. The van der Waals surface area contributed by atoms with E-state index in [0.717, 1.165) is 38.5 Å². The fourth-order valence-electron chi connectivity index (χ4n) is 3.75. The molecular weight excluding hydrogens is 428 g/mol. The Balaban J connectivity index is 2.09. The molecule has 0 spiro atoms. The van der Waals surface area contributed by atoms with Crippen molar-refractivity contribution in [2.75, 3.05) is 27.4 Å². The number of hydrogen-bond acceptors (Lipinski definition) is 7. The third-order valence-corrected chi connectivity index (χ3v) is 5.41. The number of esters is 1. The minimum absolute atomic E-state index is 0.267. The molecule has 0 aliphatic heterocycles. The molecule has 0 aromatic heterocycles. The van der Waals surface area contributed by atoms with Gasteiger partial charge in [-0.05, 0) is 51.8 Å². The van der Waals surface area contributed by atoms with Crippen LogP contribution in [0.1, 0.15) is 69.7 Å². The van der Waals surface area contributed by atoms with E-state index in [0.29, 0.717) is 17.1 Å². The molecule has 1 aliphatic carbocycles. The molecule has 0 saturated heterocycles. The van der Waals surface area contributed by atoms with E-state index >= 15 is 0 Å². The Morgan fingerprint density at radius 2 is 1.67 bits per heavy atom. The minimum atomic E-state index is -0.604. The van der Waals surface area contributed by atoms with E-state index in [4.69, 9.17) is 14.2 Å². The van der Waals surface area contributed by atoms with Crippen LogP contribution in [-0.4, -0.2) is 56.5 Å². The van der Waals surface area contributed by atoms with E-state index in [1.807, 2.05) is 20.8 Å². The van der Waals surface area contributed by atoms with Gasteiger partial charge in [0.05, 0.1) is 19.8 Å². The van der Waals surface area contributed by atoms with Gasteiger partial charge in [-0.3, -0.25) is 4.79 Å². The van der Waals surface area contributed by atoms with Crippen molar-refractivity contribution < 1.29 is 33.3 Å². The maximum Gasteiger partial charge on any atom is 0.408 e. The first-order valence-corrected chi connectivity index (χ1v) is 11.2. The number of alkyl carbamates (subject to hydrolysis) is 1. The number of methoxy groups -OCH3 is 2. The molecule has 1 fully saturated rings. The molecular formula is C24H36N2O7. The average molecular weight is 465 g/mol. The minimum Gasteiger partial charge on any atom is -0.493 e. The first-order chi connectivity index (χ1) is 15.6. The zero-order chi connectivity index (χ0) is 24.5. The Morgan fingerprint density at radius 3 is 2.24 bits per heavy atom. The van der Waals surface area contributed by atoms with Gasteiger partial charge in [0.2, 0.25) is 0 Å². The van der Waals surface area contributed by atoms with Gasteiger partial charge in [0.1, 0.15) is 5.60 Å². The number of benzene rings is 1. The molecule has 0 heterocycles. The molecule has 1 aromatic rings. The summed E-state index contributed by atoms with van der Waals surface area (Å²) < 4.78 is 20.7. The van der Waals surface area contributed by atoms with Crippen LogP contribution in [0.5, 0.6) is 11.5 Å². The summed E-state index contributed by atoms with van der Waals surface area (Å²) in [6, 6.07) is 4.70. The highest BCUT2D eigenvalue weighted by Gasteiger charge is 2.34. The summed E-state index contributed by atoms with van der Waals surface area (Å²) in [6.07, 6.45) is 5.16. The quantitative estimate of drug-likeness (QED) is 0.447. The zero-order valence-electron chi connectivity index (χ0n) is 20.2. The van der Waals surface area contributed by atoms with Crippen LogP contribution in [0.25, 0.3) is 0 Å². The van der Waals surface area contributed by atoms with Crippen LogP contribution in [0, 0.1) is 0 Å². The van der Waals surface area contributed by atoms with Crippen molar-refractivity contribution in [3.63, 3.8) is 0 Å². The molecule has 2 N–H and O–H groups in total. The lowest BCUT2D eigenvalue weighted by Gasteiger charge is -2.35. The monoisotopic (exact) mass is 464 g/mol. The summed E-state index contributed by atoms with van der Waals surface area (Å²) in [4.78, 5) is 36.7. The molecule has 2 rings (SSSR count). The molecule has 1 aromatic carbocycles. The van der Waals surface area contributed by atoms with Crippen LogP contribution in [0.2, 0.25) is 0 Å². The van der Waals surface area contributed by atoms with Gasteiger partial charge in [-0.1, -0.05) is 25.7 Å². The second kappa shape index (κ2) is 11.8. The molecule has 9 heteroatoms. The highest BCUT2D eigenvalue weighted by molar-refractivity contribution is 5.95. The number of carbonyl (C=O) groups excluding carboxylic acids is 3. The standard InChI is InChI=1S/C24H36N2O7/c1-23(2,3)33-22(29)26-24(12-8-6-7-9-13-24)16-25-21(28)17-10-11-18(19(14-17)30-4)32-15-20(27)31-5/h10-11,14H,6-9,12-13,15-16H2,1-5H3,(H,25,28)(H,26,29). The van der Waals surface area contributed by atoms with Gasteiger partial charge in [0.15, 0.2) is 18.1 Å². The smallest absolute Gasteiger partial charge is 0.408 e. The average Bonchev–Trinajstić information content (AvgIpc) is 3.00. The Morgan fingerprint density at radius 1 is 1.00 bits per heavy atom. The first-order valence-electron chi connectivity index (χ1n) is 11.2. The van der Waals surface area contributed by atoms with E-state index in [2.05, 4.69) is 15.4 Å². The van der Waals surface area contributed by atoms with Crippen molar-refractivity contribution in [2.45, 2.75) is 70.4 Å².